The molecular formula is C22H34O6. The topological polar surface area (TPSA) is 93.1 Å². The van der Waals surface area contributed by atoms with Gasteiger partial charge in [-0.1, -0.05) is 27.4 Å². The molecule has 6 nitrogen and oxygen atoms in total. The van der Waals surface area contributed by atoms with Crippen LogP contribution in [0.2, 0.25) is 0 Å². The van der Waals surface area contributed by atoms with Crippen molar-refractivity contribution < 1.29 is 29.3 Å². The van der Waals surface area contributed by atoms with E-state index in [1.54, 1.807) is 0 Å². The van der Waals surface area contributed by atoms with E-state index in [1.807, 2.05) is 20.8 Å². The summed E-state index contributed by atoms with van der Waals surface area (Å²) in [5.41, 5.74) is -2.03. The Morgan fingerprint density at radius 2 is 2.00 bits per heavy atom. The maximum Gasteiger partial charge on any atom is 0.302 e. The largest absolute Gasteiger partial charge is 0.465 e. The predicted molar refractivity (Wildman–Crippen MR) is 103 cm³/mol. The minimum Gasteiger partial charge on any atom is -0.465 e. The van der Waals surface area contributed by atoms with Gasteiger partial charge in [-0.15, -0.1) is 0 Å². The van der Waals surface area contributed by atoms with Gasteiger partial charge in [-0.2, -0.15) is 0 Å². The molecule has 3 fully saturated rings. The number of hydrogen-bond donors (Lipinski definition) is 2. The van der Waals surface area contributed by atoms with E-state index >= 15 is 0 Å². The van der Waals surface area contributed by atoms with Gasteiger partial charge in [-0.05, 0) is 37.7 Å². The third-order valence-electron chi connectivity index (χ3n) is 7.69. The molecule has 5 unspecified atom stereocenters. The molecular weight excluding hydrogens is 360 g/mol. The Hall–Kier alpha value is -1.24. The molecule has 0 aromatic carbocycles. The Balaban J connectivity index is 2.00. The van der Waals surface area contributed by atoms with Gasteiger partial charge in [0.05, 0.1) is 11.5 Å². The van der Waals surface area contributed by atoms with Gasteiger partial charge in [0.25, 0.3) is 0 Å². The first-order chi connectivity index (χ1) is 12.9. The molecule has 158 valence electrons. The zero-order valence-electron chi connectivity index (χ0n) is 17.5. The molecule has 1 aliphatic carbocycles. The van der Waals surface area contributed by atoms with Crippen LogP contribution in [-0.2, 0) is 19.1 Å². The number of ether oxygens (including phenoxy) is 2. The number of rotatable bonds is 6. The van der Waals surface area contributed by atoms with E-state index in [2.05, 4.69) is 6.58 Å². The highest BCUT2D eigenvalue weighted by molar-refractivity contribution is 5.80. The Bertz CT molecular complexity index is 687. The van der Waals surface area contributed by atoms with Gasteiger partial charge < -0.3 is 19.7 Å². The summed E-state index contributed by atoms with van der Waals surface area (Å²) in [5.74, 6) is -1.91. The van der Waals surface area contributed by atoms with E-state index in [0.717, 1.165) is 18.4 Å². The van der Waals surface area contributed by atoms with E-state index in [9.17, 15) is 19.8 Å². The molecule has 1 spiro atoms. The molecule has 2 N–H and O–H groups in total. The first-order valence-corrected chi connectivity index (χ1v) is 10.4. The van der Waals surface area contributed by atoms with Crippen LogP contribution in [0.4, 0.5) is 0 Å². The van der Waals surface area contributed by atoms with Crippen molar-refractivity contribution in [1.29, 1.82) is 0 Å². The highest BCUT2D eigenvalue weighted by Crippen LogP contribution is 2.69. The number of hydrogen-bond acceptors (Lipinski definition) is 6. The number of aliphatic hydroxyl groups excluding tert-OH is 1. The molecule has 6 heteroatoms. The molecule has 0 radical (unpaired) electrons. The number of carbonyl (C=O) groups is 2. The monoisotopic (exact) mass is 394 g/mol. The van der Waals surface area contributed by atoms with Crippen molar-refractivity contribution in [2.75, 3.05) is 6.61 Å². The van der Waals surface area contributed by atoms with E-state index in [1.165, 1.54) is 6.92 Å². The summed E-state index contributed by atoms with van der Waals surface area (Å²) < 4.78 is 11.8. The molecule has 28 heavy (non-hydrogen) atoms. The summed E-state index contributed by atoms with van der Waals surface area (Å²) in [4.78, 5) is 23.8. The van der Waals surface area contributed by atoms with Crippen LogP contribution < -0.4 is 0 Å². The minimum atomic E-state index is -1.54. The third kappa shape index (κ3) is 2.79. The van der Waals surface area contributed by atoms with E-state index in [0.29, 0.717) is 25.7 Å². The number of esters is 1. The summed E-state index contributed by atoms with van der Waals surface area (Å²) >= 11 is 0. The Morgan fingerprint density at radius 1 is 1.32 bits per heavy atom. The van der Waals surface area contributed by atoms with Crippen LogP contribution in [-0.4, -0.2) is 46.1 Å². The zero-order valence-corrected chi connectivity index (χ0v) is 17.5. The minimum absolute atomic E-state index is 0.0945. The van der Waals surface area contributed by atoms with Crippen LogP contribution in [0.15, 0.2) is 12.2 Å². The number of Topliss-reactive ketones (excluding diaryl/α,β-unsaturated/α-hetero) is 1. The van der Waals surface area contributed by atoms with Crippen molar-refractivity contribution in [2.24, 2.45) is 16.7 Å². The zero-order chi connectivity index (χ0) is 21.0. The average molecular weight is 395 g/mol. The molecule has 3 aliphatic rings. The molecule has 2 bridgehead atoms. The van der Waals surface area contributed by atoms with Crippen LogP contribution in [0.3, 0.4) is 0 Å². The smallest absolute Gasteiger partial charge is 0.302 e. The summed E-state index contributed by atoms with van der Waals surface area (Å²) in [6.07, 6.45) is 2.77. The predicted octanol–water partition coefficient (Wildman–Crippen LogP) is 2.90. The number of fused-ring (bicyclic) bond motifs is 1. The SMILES string of the molecule is C=C1CCCC2(COC(C)=O)CCC3(O)OC12C(O)C3(C)CCC(=O)C(C)C. The van der Waals surface area contributed by atoms with Crippen molar-refractivity contribution >= 4 is 11.8 Å². The van der Waals surface area contributed by atoms with E-state index in [4.69, 9.17) is 9.47 Å². The quantitative estimate of drug-likeness (QED) is 0.531. The lowest BCUT2D eigenvalue weighted by Crippen LogP contribution is -2.63. The van der Waals surface area contributed by atoms with Crippen molar-refractivity contribution in [3.05, 3.63) is 12.2 Å². The summed E-state index contributed by atoms with van der Waals surface area (Å²) in [6.45, 7) is 11.2. The van der Waals surface area contributed by atoms with Crippen molar-refractivity contribution in [1.82, 2.24) is 0 Å². The third-order valence-corrected chi connectivity index (χ3v) is 7.69. The Morgan fingerprint density at radius 3 is 2.61 bits per heavy atom. The van der Waals surface area contributed by atoms with Gasteiger partial charge >= 0.3 is 5.97 Å². The Labute approximate surface area is 167 Å². The van der Waals surface area contributed by atoms with Crippen LogP contribution in [0.1, 0.15) is 72.6 Å². The van der Waals surface area contributed by atoms with Gasteiger partial charge in [-0.3, -0.25) is 9.59 Å². The lowest BCUT2D eigenvalue weighted by Gasteiger charge is -2.56. The summed E-state index contributed by atoms with van der Waals surface area (Å²) in [6, 6.07) is 0. The molecule has 0 amide bonds. The molecule has 0 aromatic heterocycles. The second-order valence-electron chi connectivity index (χ2n) is 9.58. The van der Waals surface area contributed by atoms with Crippen LogP contribution in [0.25, 0.3) is 0 Å². The van der Waals surface area contributed by atoms with Crippen molar-refractivity contribution in [3.8, 4) is 0 Å². The second-order valence-corrected chi connectivity index (χ2v) is 9.58. The maximum atomic E-state index is 12.3. The second kappa shape index (κ2) is 6.92. The van der Waals surface area contributed by atoms with Gasteiger partial charge in [0.15, 0.2) is 5.79 Å². The molecule has 0 aromatic rings. The first-order valence-electron chi connectivity index (χ1n) is 10.4. The van der Waals surface area contributed by atoms with Crippen LogP contribution >= 0.6 is 0 Å². The van der Waals surface area contributed by atoms with Gasteiger partial charge in [-0.25, -0.2) is 0 Å². The average Bonchev–Trinajstić information content (AvgIpc) is 2.77. The maximum absolute atomic E-state index is 12.3. The standard InChI is InChI=1S/C22H34O6/c1-14(2)17(24)8-10-19(5)18(25)22-15(3)7-6-9-20(22,13-27-16(4)23)11-12-21(19,26)28-22/h14,18,25-26H,3,6-13H2,1-2,4-5H3. The number of carbonyl (C=O) groups excluding carboxylic acids is 2. The highest BCUT2D eigenvalue weighted by atomic mass is 16.7. The Kier molecular flexibility index (Phi) is 5.31. The highest BCUT2D eigenvalue weighted by Gasteiger charge is 2.78. The van der Waals surface area contributed by atoms with E-state index < -0.39 is 28.3 Å². The molecule has 2 heterocycles. The molecule has 1 saturated carbocycles. The fourth-order valence-corrected chi connectivity index (χ4v) is 5.70. The first kappa shape index (κ1) is 21.5. The fourth-order valence-electron chi connectivity index (χ4n) is 5.70. The van der Waals surface area contributed by atoms with E-state index in [-0.39, 0.29) is 30.7 Å². The molecule has 2 saturated heterocycles. The van der Waals surface area contributed by atoms with Gasteiger partial charge in [0.1, 0.15) is 18.0 Å². The summed E-state index contributed by atoms with van der Waals surface area (Å²) in [5, 5.41) is 23.1. The number of aliphatic hydroxyl groups is 2. The molecule has 3 rings (SSSR count). The normalized spacial score (nSPS) is 42.4. The number of ketones is 1. The van der Waals surface area contributed by atoms with Crippen LogP contribution in [0.5, 0.6) is 0 Å². The van der Waals surface area contributed by atoms with Gasteiger partial charge in [0, 0.05) is 31.1 Å². The van der Waals surface area contributed by atoms with Gasteiger partial charge in [0.2, 0.25) is 0 Å². The lowest BCUT2D eigenvalue weighted by molar-refractivity contribution is -0.311. The molecule has 2 aliphatic heterocycles. The lowest BCUT2D eigenvalue weighted by atomic mass is 9.56. The fraction of sp³-hybridized carbons (Fsp3) is 0.818. The molecule has 5 atom stereocenters. The van der Waals surface area contributed by atoms with Crippen molar-refractivity contribution in [2.45, 2.75) is 90.1 Å². The summed E-state index contributed by atoms with van der Waals surface area (Å²) in [7, 11) is 0. The van der Waals surface area contributed by atoms with Crippen LogP contribution in [0, 0.1) is 16.7 Å². The van der Waals surface area contributed by atoms with Crippen molar-refractivity contribution in [3.63, 3.8) is 0 Å².